The Labute approximate surface area is 110 Å². The molecule has 0 aliphatic rings. The Morgan fingerprint density at radius 1 is 1.68 bits per heavy atom. The highest BCUT2D eigenvalue weighted by molar-refractivity contribution is 5.76. The predicted octanol–water partition coefficient (Wildman–Crippen LogP) is 0.942. The van der Waals surface area contributed by atoms with Crippen molar-refractivity contribution < 1.29 is 9.72 Å². The third-order valence-corrected chi connectivity index (χ3v) is 2.57. The molecule has 0 aliphatic carbocycles. The van der Waals surface area contributed by atoms with Gasteiger partial charge in [-0.3, -0.25) is 19.6 Å². The molecule has 0 atom stereocenters. The van der Waals surface area contributed by atoms with Crippen molar-refractivity contribution in [3.63, 3.8) is 0 Å². The van der Waals surface area contributed by atoms with Crippen LogP contribution in [0.4, 0.5) is 5.69 Å². The highest BCUT2D eigenvalue weighted by atomic mass is 16.6. The molecule has 0 spiro atoms. The fourth-order valence-corrected chi connectivity index (χ4v) is 1.56. The lowest BCUT2D eigenvalue weighted by Crippen LogP contribution is -2.37. The maximum absolute atomic E-state index is 11.9. The second-order valence-corrected chi connectivity index (χ2v) is 4.24. The number of nitriles is 1. The molecule has 19 heavy (non-hydrogen) atoms. The lowest BCUT2D eigenvalue weighted by molar-refractivity contribution is -0.385. The summed E-state index contributed by atoms with van der Waals surface area (Å²) in [6, 6.07) is 1.88. The molecule has 102 valence electrons. The summed E-state index contributed by atoms with van der Waals surface area (Å²) in [5.41, 5.74) is -0.106. The van der Waals surface area contributed by atoms with Crippen LogP contribution < -0.4 is 0 Å². The average molecular weight is 265 g/mol. The van der Waals surface area contributed by atoms with Gasteiger partial charge in [0.25, 0.3) is 0 Å². The van der Waals surface area contributed by atoms with E-state index in [0.29, 0.717) is 0 Å². The number of hydrogen-bond donors (Lipinski definition) is 0. The highest BCUT2D eigenvalue weighted by Gasteiger charge is 2.17. The molecule has 1 aromatic rings. The fourth-order valence-electron chi connectivity index (χ4n) is 1.56. The minimum Gasteiger partial charge on any atom is -0.327 e. The summed E-state index contributed by atoms with van der Waals surface area (Å²) in [5.74, 6) is -0.172. The maximum atomic E-state index is 11.9. The van der Waals surface area contributed by atoms with Gasteiger partial charge < -0.3 is 4.90 Å². The van der Waals surface area contributed by atoms with Crippen molar-refractivity contribution in [1.82, 2.24) is 14.7 Å². The van der Waals surface area contributed by atoms with Crippen LogP contribution in [0.2, 0.25) is 0 Å². The zero-order valence-corrected chi connectivity index (χ0v) is 10.8. The molecule has 0 unspecified atom stereocenters. The summed E-state index contributed by atoms with van der Waals surface area (Å²) in [4.78, 5) is 23.3. The van der Waals surface area contributed by atoms with Gasteiger partial charge >= 0.3 is 5.69 Å². The number of amides is 1. The molecular formula is C11H15N5O3. The van der Waals surface area contributed by atoms with Crippen LogP contribution in [-0.4, -0.2) is 38.1 Å². The summed E-state index contributed by atoms with van der Waals surface area (Å²) in [7, 11) is 0. The monoisotopic (exact) mass is 265 g/mol. The van der Waals surface area contributed by atoms with Crippen molar-refractivity contribution in [3.8, 4) is 6.07 Å². The smallest absolute Gasteiger partial charge is 0.306 e. The van der Waals surface area contributed by atoms with E-state index in [0.717, 1.165) is 6.20 Å². The van der Waals surface area contributed by atoms with Gasteiger partial charge in [-0.25, -0.2) is 0 Å². The third kappa shape index (κ3) is 4.06. The van der Waals surface area contributed by atoms with Crippen LogP contribution in [0.25, 0.3) is 0 Å². The summed E-state index contributed by atoms with van der Waals surface area (Å²) in [6.07, 6.45) is 2.57. The Hall–Kier alpha value is -2.43. The SMILES string of the molecule is CC(C)N(CC#N)C(=O)CCn1cc([N+](=O)[O-])cn1. The first kappa shape index (κ1) is 14.6. The molecule has 0 saturated heterocycles. The van der Waals surface area contributed by atoms with E-state index in [2.05, 4.69) is 5.10 Å². The second kappa shape index (κ2) is 6.49. The fraction of sp³-hybridized carbons (Fsp3) is 0.545. The first-order valence-corrected chi connectivity index (χ1v) is 5.79. The topological polar surface area (TPSA) is 105 Å². The number of aryl methyl sites for hydroxylation is 1. The third-order valence-electron chi connectivity index (χ3n) is 2.57. The van der Waals surface area contributed by atoms with Crippen LogP contribution in [0.15, 0.2) is 12.4 Å². The Bertz CT molecular complexity index is 503. The molecule has 0 radical (unpaired) electrons. The summed E-state index contributed by atoms with van der Waals surface area (Å²) >= 11 is 0. The Morgan fingerprint density at radius 3 is 2.84 bits per heavy atom. The molecule has 1 amide bonds. The lowest BCUT2D eigenvalue weighted by Gasteiger charge is -2.23. The van der Waals surface area contributed by atoms with Crippen molar-refractivity contribution in [3.05, 3.63) is 22.5 Å². The number of carbonyl (C=O) groups excluding carboxylic acids is 1. The average Bonchev–Trinajstić information content (AvgIpc) is 2.81. The first-order valence-electron chi connectivity index (χ1n) is 5.79. The Kier molecular flexibility index (Phi) is 5.00. The van der Waals surface area contributed by atoms with E-state index in [1.54, 1.807) is 0 Å². The zero-order valence-electron chi connectivity index (χ0n) is 10.8. The molecule has 1 rings (SSSR count). The van der Waals surface area contributed by atoms with Crippen molar-refractivity contribution in [2.24, 2.45) is 0 Å². The minimum atomic E-state index is -0.540. The van der Waals surface area contributed by atoms with Crippen LogP contribution in [0, 0.1) is 21.4 Å². The number of carbonyl (C=O) groups is 1. The van der Waals surface area contributed by atoms with Gasteiger partial charge in [0.15, 0.2) is 0 Å². The van der Waals surface area contributed by atoms with Gasteiger partial charge in [0.2, 0.25) is 5.91 Å². The zero-order chi connectivity index (χ0) is 14.4. The van der Waals surface area contributed by atoms with E-state index >= 15 is 0 Å². The van der Waals surface area contributed by atoms with Crippen molar-refractivity contribution >= 4 is 11.6 Å². The van der Waals surface area contributed by atoms with Gasteiger partial charge in [-0.2, -0.15) is 10.4 Å². The molecule has 1 heterocycles. The van der Waals surface area contributed by atoms with E-state index in [1.165, 1.54) is 15.8 Å². The molecule has 0 bridgehead atoms. The number of nitrogens with zero attached hydrogens (tertiary/aromatic N) is 5. The molecule has 0 N–H and O–H groups in total. The van der Waals surface area contributed by atoms with Crippen LogP contribution in [0.5, 0.6) is 0 Å². The van der Waals surface area contributed by atoms with E-state index in [4.69, 9.17) is 5.26 Å². The lowest BCUT2D eigenvalue weighted by atomic mass is 10.2. The molecule has 8 heteroatoms. The molecular weight excluding hydrogens is 250 g/mol. The number of hydrogen-bond acceptors (Lipinski definition) is 5. The van der Waals surface area contributed by atoms with Crippen LogP contribution in [-0.2, 0) is 11.3 Å². The number of rotatable bonds is 6. The number of nitro groups is 1. The highest BCUT2D eigenvalue weighted by Crippen LogP contribution is 2.09. The summed E-state index contributed by atoms with van der Waals surface area (Å²) in [5, 5.41) is 22.9. The van der Waals surface area contributed by atoms with Crippen molar-refractivity contribution in [2.75, 3.05) is 6.54 Å². The van der Waals surface area contributed by atoms with Crippen molar-refractivity contribution in [2.45, 2.75) is 32.9 Å². The molecule has 1 aromatic heterocycles. The molecule has 0 aromatic carbocycles. The minimum absolute atomic E-state index is 0.0375. The standard InChI is InChI=1S/C11H15N5O3/c1-9(2)15(6-4-12)11(17)3-5-14-8-10(7-13-14)16(18)19/h7-9H,3,5-6H2,1-2H3. The predicted molar refractivity (Wildman–Crippen MR) is 66.0 cm³/mol. The second-order valence-electron chi connectivity index (χ2n) is 4.24. The quantitative estimate of drug-likeness (QED) is 0.432. The van der Waals surface area contributed by atoms with Gasteiger partial charge in [-0.05, 0) is 13.8 Å². The molecule has 0 aliphatic heterocycles. The van der Waals surface area contributed by atoms with E-state index in [9.17, 15) is 14.9 Å². The van der Waals surface area contributed by atoms with Gasteiger partial charge in [0.1, 0.15) is 18.9 Å². The normalized spacial score (nSPS) is 10.2. The molecule has 0 saturated carbocycles. The number of aromatic nitrogens is 2. The Morgan fingerprint density at radius 2 is 2.37 bits per heavy atom. The largest absolute Gasteiger partial charge is 0.327 e. The van der Waals surface area contributed by atoms with Crippen LogP contribution >= 0.6 is 0 Å². The van der Waals surface area contributed by atoms with E-state index < -0.39 is 4.92 Å². The van der Waals surface area contributed by atoms with E-state index in [1.807, 2.05) is 19.9 Å². The maximum Gasteiger partial charge on any atom is 0.306 e. The summed E-state index contributed by atoms with van der Waals surface area (Å²) < 4.78 is 1.35. The van der Waals surface area contributed by atoms with Gasteiger partial charge in [0, 0.05) is 19.0 Å². The van der Waals surface area contributed by atoms with Crippen LogP contribution in [0.3, 0.4) is 0 Å². The van der Waals surface area contributed by atoms with E-state index in [-0.39, 0.29) is 37.1 Å². The Balaban J connectivity index is 2.57. The summed E-state index contributed by atoms with van der Waals surface area (Å²) in [6.45, 7) is 3.94. The van der Waals surface area contributed by atoms with Gasteiger partial charge in [-0.15, -0.1) is 0 Å². The first-order chi connectivity index (χ1) is 8.95. The van der Waals surface area contributed by atoms with Crippen molar-refractivity contribution in [1.29, 1.82) is 5.26 Å². The van der Waals surface area contributed by atoms with Gasteiger partial charge in [0.05, 0.1) is 11.0 Å². The van der Waals surface area contributed by atoms with Gasteiger partial charge in [-0.1, -0.05) is 0 Å². The molecule has 8 nitrogen and oxygen atoms in total. The van der Waals surface area contributed by atoms with Crippen LogP contribution in [0.1, 0.15) is 20.3 Å². The molecule has 0 fully saturated rings.